The maximum atomic E-state index is 13.0. The molecule has 0 aliphatic rings. The molecule has 0 aliphatic carbocycles. The molecule has 0 heterocycles. The summed E-state index contributed by atoms with van der Waals surface area (Å²) in [7, 11) is -2.34. The number of para-hydroxylation sites is 1. The number of nitrogens with one attached hydrogen (secondary N) is 1. The predicted octanol–water partition coefficient (Wildman–Crippen LogP) is 4.27. The van der Waals surface area contributed by atoms with E-state index in [4.69, 9.17) is 27.9 Å². The third kappa shape index (κ3) is 4.78. The molecule has 0 bridgehead atoms. The summed E-state index contributed by atoms with van der Waals surface area (Å²) in [6, 6.07) is 7.89. The first kappa shape index (κ1) is 22.5. The van der Waals surface area contributed by atoms with Crippen LogP contribution in [0.2, 0.25) is 10.0 Å². The Morgan fingerprint density at radius 2 is 1.68 bits per heavy atom. The molecule has 0 spiro atoms. The van der Waals surface area contributed by atoms with Crippen molar-refractivity contribution in [1.29, 1.82) is 0 Å². The Hall–Kier alpha value is -1.80. The molecule has 0 aromatic heterocycles. The van der Waals surface area contributed by atoms with Crippen LogP contribution in [-0.4, -0.2) is 38.8 Å². The van der Waals surface area contributed by atoms with Crippen LogP contribution in [0, 0.1) is 13.8 Å². The second-order valence-electron chi connectivity index (χ2n) is 6.17. The van der Waals surface area contributed by atoms with Crippen LogP contribution in [-0.2, 0) is 14.8 Å². The van der Waals surface area contributed by atoms with Crippen molar-refractivity contribution in [3.05, 3.63) is 51.5 Å². The standard InChI is InChI=1S/C19H22Cl2N2O4S/c1-5-23(11-17(24)22-18-15(20)7-6-8-16(18)21)28(25,26)14-9-12(2)19(27-4)13(3)10-14/h6-10H,5,11H2,1-4H3,(H,22,24). The van der Waals surface area contributed by atoms with Crippen molar-refractivity contribution in [2.45, 2.75) is 25.7 Å². The molecule has 0 fully saturated rings. The highest BCUT2D eigenvalue weighted by Crippen LogP contribution is 2.30. The zero-order valence-electron chi connectivity index (χ0n) is 16.0. The van der Waals surface area contributed by atoms with Crippen LogP contribution >= 0.6 is 23.2 Å². The van der Waals surface area contributed by atoms with E-state index in [1.165, 1.54) is 19.2 Å². The number of carbonyl (C=O) groups excluding carboxylic acids is 1. The zero-order chi connectivity index (χ0) is 21.1. The summed E-state index contributed by atoms with van der Waals surface area (Å²) in [5.41, 5.74) is 1.65. The van der Waals surface area contributed by atoms with Crippen LogP contribution in [0.15, 0.2) is 35.2 Å². The van der Waals surface area contributed by atoms with E-state index in [0.29, 0.717) is 16.9 Å². The molecule has 0 saturated heterocycles. The molecular formula is C19H22Cl2N2O4S. The Bertz CT molecular complexity index is 950. The molecule has 2 aromatic rings. The maximum Gasteiger partial charge on any atom is 0.243 e. The summed E-state index contributed by atoms with van der Waals surface area (Å²) in [6.07, 6.45) is 0. The number of hydrogen-bond donors (Lipinski definition) is 1. The van der Waals surface area contributed by atoms with Gasteiger partial charge in [-0.25, -0.2) is 8.42 Å². The Morgan fingerprint density at radius 1 is 1.14 bits per heavy atom. The van der Waals surface area contributed by atoms with Gasteiger partial charge in [-0.1, -0.05) is 36.2 Å². The van der Waals surface area contributed by atoms with Gasteiger partial charge >= 0.3 is 0 Å². The third-order valence-electron chi connectivity index (χ3n) is 4.18. The molecule has 1 amide bonds. The van der Waals surface area contributed by atoms with Crippen LogP contribution in [0.5, 0.6) is 5.75 Å². The van der Waals surface area contributed by atoms with Gasteiger partial charge in [-0.3, -0.25) is 4.79 Å². The van der Waals surface area contributed by atoms with Gasteiger partial charge in [0.1, 0.15) is 5.75 Å². The zero-order valence-corrected chi connectivity index (χ0v) is 18.4. The van der Waals surface area contributed by atoms with Crippen molar-refractivity contribution < 1.29 is 17.9 Å². The highest BCUT2D eigenvalue weighted by atomic mass is 35.5. The molecule has 28 heavy (non-hydrogen) atoms. The Balaban J connectivity index is 2.28. The van der Waals surface area contributed by atoms with Crippen LogP contribution in [0.4, 0.5) is 5.69 Å². The highest BCUT2D eigenvalue weighted by Gasteiger charge is 2.27. The molecule has 6 nitrogen and oxygen atoms in total. The number of aryl methyl sites for hydroxylation is 2. The van der Waals surface area contributed by atoms with Gasteiger partial charge in [0.2, 0.25) is 15.9 Å². The number of halogens is 2. The molecule has 0 unspecified atom stereocenters. The third-order valence-corrected chi connectivity index (χ3v) is 6.70. The molecule has 2 aromatic carbocycles. The molecular weight excluding hydrogens is 423 g/mol. The first-order chi connectivity index (χ1) is 13.1. The number of sulfonamides is 1. The average molecular weight is 445 g/mol. The average Bonchev–Trinajstić information content (AvgIpc) is 2.62. The van der Waals surface area contributed by atoms with Gasteiger partial charge in [-0.05, 0) is 49.2 Å². The summed E-state index contributed by atoms with van der Waals surface area (Å²) in [5.74, 6) is 0.0930. The lowest BCUT2D eigenvalue weighted by atomic mass is 10.1. The van der Waals surface area contributed by atoms with Crippen LogP contribution in [0.3, 0.4) is 0 Å². The van der Waals surface area contributed by atoms with Crippen molar-refractivity contribution in [3.8, 4) is 5.75 Å². The number of methoxy groups -OCH3 is 1. The number of benzene rings is 2. The van der Waals surface area contributed by atoms with Gasteiger partial charge in [-0.2, -0.15) is 4.31 Å². The maximum absolute atomic E-state index is 13.0. The van der Waals surface area contributed by atoms with Gasteiger partial charge < -0.3 is 10.1 Å². The number of likely N-dealkylation sites (N-methyl/N-ethyl adjacent to an activating group) is 1. The first-order valence-corrected chi connectivity index (χ1v) is 10.7. The Morgan fingerprint density at radius 3 is 2.14 bits per heavy atom. The van der Waals surface area contributed by atoms with Crippen molar-refractivity contribution in [1.82, 2.24) is 4.31 Å². The lowest BCUT2D eigenvalue weighted by molar-refractivity contribution is -0.116. The summed E-state index contributed by atoms with van der Waals surface area (Å²) in [5, 5.41) is 3.12. The van der Waals surface area contributed by atoms with E-state index >= 15 is 0 Å². The number of carbonyl (C=O) groups is 1. The Kier molecular flexibility index (Phi) is 7.33. The minimum atomic E-state index is -3.88. The normalized spacial score (nSPS) is 11.5. The SMILES string of the molecule is CCN(CC(=O)Nc1c(Cl)cccc1Cl)S(=O)(=O)c1cc(C)c(OC)c(C)c1. The topological polar surface area (TPSA) is 75.7 Å². The molecule has 1 N–H and O–H groups in total. The van der Waals surface area contributed by atoms with E-state index in [-0.39, 0.29) is 33.7 Å². The van der Waals surface area contributed by atoms with Crippen molar-refractivity contribution >= 4 is 44.8 Å². The lowest BCUT2D eigenvalue weighted by Crippen LogP contribution is -2.38. The fourth-order valence-electron chi connectivity index (χ4n) is 2.85. The van der Waals surface area contributed by atoms with E-state index in [0.717, 1.165) is 4.31 Å². The second-order valence-corrected chi connectivity index (χ2v) is 8.92. The number of nitrogens with zero attached hydrogens (tertiary/aromatic N) is 1. The molecule has 0 saturated carbocycles. The van der Waals surface area contributed by atoms with Gasteiger partial charge in [0, 0.05) is 6.54 Å². The largest absolute Gasteiger partial charge is 0.496 e. The molecule has 0 atom stereocenters. The minimum absolute atomic E-state index is 0.105. The summed E-state index contributed by atoms with van der Waals surface area (Å²) >= 11 is 12.1. The van der Waals surface area contributed by atoms with Crippen molar-refractivity contribution in [3.63, 3.8) is 0 Å². The van der Waals surface area contributed by atoms with Gasteiger partial charge in [-0.15, -0.1) is 0 Å². The summed E-state index contributed by atoms with van der Waals surface area (Å²) in [4.78, 5) is 12.5. The van der Waals surface area contributed by atoms with Crippen LogP contribution in [0.1, 0.15) is 18.1 Å². The molecule has 9 heteroatoms. The molecule has 152 valence electrons. The van der Waals surface area contributed by atoms with Gasteiger partial charge in [0.05, 0.1) is 34.3 Å². The monoisotopic (exact) mass is 444 g/mol. The van der Waals surface area contributed by atoms with Crippen LogP contribution in [0.25, 0.3) is 0 Å². The van der Waals surface area contributed by atoms with E-state index in [1.54, 1.807) is 39.0 Å². The number of ether oxygens (including phenoxy) is 1. The number of anilines is 1. The van der Waals surface area contributed by atoms with Crippen molar-refractivity contribution in [2.24, 2.45) is 0 Å². The fraction of sp³-hybridized carbons (Fsp3) is 0.316. The van der Waals surface area contributed by atoms with E-state index in [9.17, 15) is 13.2 Å². The van der Waals surface area contributed by atoms with Gasteiger partial charge in [0.15, 0.2) is 0 Å². The molecule has 0 radical (unpaired) electrons. The predicted molar refractivity (Wildman–Crippen MR) is 112 cm³/mol. The number of amides is 1. The number of hydrogen-bond acceptors (Lipinski definition) is 4. The quantitative estimate of drug-likeness (QED) is 0.691. The first-order valence-electron chi connectivity index (χ1n) is 8.51. The lowest BCUT2D eigenvalue weighted by Gasteiger charge is -2.21. The highest BCUT2D eigenvalue weighted by molar-refractivity contribution is 7.89. The summed E-state index contributed by atoms with van der Waals surface area (Å²) < 4.78 is 32.5. The second kappa shape index (κ2) is 9.13. The molecule has 2 rings (SSSR count). The minimum Gasteiger partial charge on any atom is -0.496 e. The van der Waals surface area contributed by atoms with Crippen molar-refractivity contribution in [2.75, 3.05) is 25.5 Å². The van der Waals surface area contributed by atoms with Gasteiger partial charge in [0.25, 0.3) is 0 Å². The van der Waals surface area contributed by atoms with E-state index in [2.05, 4.69) is 5.32 Å². The van der Waals surface area contributed by atoms with E-state index in [1.807, 2.05) is 0 Å². The number of rotatable bonds is 7. The Labute approximate surface area is 175 Å². The van der Waals surface area contributed by atoms with E-state index < -0.39 is 15.9 Å². The van der Waals surface area contributed by atoms with Crippen LogP contribution < -0.4 is 10.1 Å². The molecule has 0 aliphatic heterocycles. The smallest absolute Gasteiger partial charge is 0.243 e. The fourth-order valence-corrected chi connectivity index (χ4v) is 4.92. The summed E-state index contributed by atoms with van der Waals surface area (Å²) in [6.45, 7) is 4.96.